The number of rotatable bonds is 5. The van der Waals surface area contributed by atoms with Gasteiger partial charge in [-0.05, 0) is 42.7 Å². The second-order valence-corrected chi connectivity index (χ2v) is 6.10. The minimum absolute atomic E-state index is 0.115. The van der Waals surface area contributed by atoms with Gasteiger partial charge in [-0.3, -0.25) is 9.78 Å². The molecule has 1 aromatic carbocycles. The van der Waals surface area contributed by atoms with E-state index in [0.717, 1.165) is 12.8 Å². The molecule has 1 heterocycles. The lowest BCUT2D eigenvalue weighted by molar-refractivity contribution is -0.126. The molecule has 3 rings (SSSR count). The van der Waals surface area contributed by atoms with Crippen molar-refractivity contribution in [1.29, 1.82) is 0 Å². The largest absolute Gasteiger partial charge is 0.453 e. The predicted molar refractivity (Wildman–Crippen MR) is 87.9 cm³/mol. The molecular formula is C18H20FN3O2. The Hall–Kier alpha value is -2.47. The van der Waals surface area contributed by atoms with Gasteiger partial charge in [-0.25, -0.2) is 4.39 Å². The van der Waals surface area contributed by atoms with Gasteiger partial charge in [-0.2, -0.15) is 0 Å². The second kappa shape index (κ2) is 6.97. The predicted octanol–water partition coefficient (Wildman–Crippen LogP) is 2.90. The maximum atomic E-state index is 14.2. The minimum atomic E-state index is -0.776. The van der Waals surface area contributed by atoms with Crippen molar-refractivity contribution in [2.45, 2.75) is 37.8 Å². The van der Waals surface area contributed by atoms with Crippen LogP contribution in [-0.2, 0) is 11.3 Å². The monoisotopic (exact) mass is 329 g/mol. The zero-order chi connectivity index (χ0) is 17.0. The van der Waals surface area contributed by atoms with Gasteiger partial charge in [0.05, 0.1) is 11.7 Å². The van der Waals surface area contributed by atoms with Crippen LogP contribution < -0.4 is 15.8 Å². The fourth-order valence-corrected chi connectivity index (χ4v) is 2.86. The number of halogens is 1. The highest BCUT2D eigenvalue weighted by molar-refractivity contribution is 5.86. The van der Waals surface area contributed by atoms with Gasteiger partial charge in [0.15, 0.2) is 11.6 Å². The molecule has 0 aliphatic heterocycles. The lowest BCUT2D eigenvalue weighted by Gasteiger charge is -2.22. The van der Waals surface area contributed by atoms with Crippen molar-refractivity contribution in [2.24, 2.45) is 5.73 Å². The summed E-state index contributed by atoms with van der Waals surface area (Å²) < 4.78 is 19.6. The Morgan fingerprint density at radius 2 is 2.12 bits per heavy atom. The maximum Gasteiger partial charge on any atom is 0.240 e. The highest BCUT2D eigenvalue weighted by atomic mass is 19.1. The fraction of sp³-hybridized carbons (Fsp3) is 0.333. The number of carbonyl (C=O) groups is 1. The Kier molecular flexibility index (Phi) is 4.76. The standard InChI is InChI=1S/C18H20FN3O2/c19-15-10-13(11-22-17(23)18(20)7-1-2-8-18)5-6-16(15)24-14-4-3-9-21-12-14/h3-6,9-10,12H,1-2,7-8,11,20H2,(H,22,23). The van der Waals surface area contributed by atoms with Gasteiger partial charge in [0.25, 0.3) is 0 Å². The first kappa shape index (κ1) is 16.4. The summed E-state index contributed by atoms with van der Waals surface area (Å²) in [5.74, 6) is -0.0852. The normalized spacial score (nSPS) is 15.9. The molecule has 1 aliphatic rings. The first-order valence-corrected chi connectivity index (χ1v) is 8.00. The Balaban J connectivity index is 1.61. The van der Waals surface area contributed by atoms with E-state index < -0.39 is 11.4 Å². The lowest BCUT2D eigenvalue weighted by Crippen LogP contribution is -2.51. The summed E-state index contributed by atoms with van der Waals surface area (Å²) in [7, 11) is 0. The van der Waals surface area contributed by atoms with Crippen molar-refractivity contribution in [2.75, 3.05) is 0 Å². The van der Waals surface area contributed by atoms with Gasteiger partial charge >= 0.3 is 0 Å². The molecule has 1 fully saturated rings. The summed E-state index contributed by atoms with van der Waals surface area (Å²) in [6, 6.07) is 8.01. The molecule has 5 nitrogen and oxygen atoms in total. The molecule has 1 saturated carbocycles. The summed E-state index contributed by atoms with van der Waals surface area (Å²) in [5, 5.41) is 2.80. The number of aromatic nitrogens is 1. The van der Waals surface area contributed by atoms with Crippen LogP contribution in [0.2, 0.25) is 0 Å². The van der Waals surface area contributed by atoms with Crippen LogP contribution in [-0.4, -0.2) is 16.4 Å². The molecular weight excluding hydrogens is 309 g/mol. The molecule has 0 bridgehead atoms. The lowest BCUT2D eigenvalue weighted by atomic mass is 9.98. The summed E-state index contributed by atoms with van der Waals surface area (Å²) >= 11 is 0. The van der Waals surface area contributed by atoms with Crippen molar-refractivity contribution in [3.63, 3.8) is 0 Å². The number of amides is 1. The van der Waals surface area contributed by atoms with Gasteiger partial charge in [0.1, 0.15) is 5.75 Å². The van der Waals surface area contributed by atoms with Gasteiger partial charge in [0.2, 0.25) is 5.91 Å². The second-order valence-electron chi connectivity index (χ2n) is 6.10. The van der Waals surface area contributed by atoms with E-state index in [1.165, 1.54) is 18.3 Å². The SMILES string of the molecule is NC1(C(=O)NCc2ccc(Oc3cccnc3)c(F)c2)CCCC1. The summed E-state index contributed by atoms with van der Waals surface area (Å²) in [6.07, 6.45) is 6.47. The zero-order valence-corrected chi connectivity index (χ0v) is 13.3. The highest BCUT2D eigenvalue weighted by Crippen LogP contribution is 2.28. The molecule has 1 aliphatic carbocycles. The average molecular weight is 329 g/mol. The molecule has 6 heteroatoms. The number of pyridine rings is 1. The molecule has 1 aromatic heterocycles. The van der Waals surface area contributed by atoms with Crippen molar-refractivity contribution >= 4 is 5.91 Å². The minimum Gasteiger partial charge on any atom is -0.453 e. The van der Waals surface area contributed by atoms with Crippen molar-refractivity contribution in [3.05, 3.63) is 54.1 Å². The van der Waals surface area contributed by atoms with Gasteiger partial charge in [0, 0.05) is 12.7 Å². The Morgan fingerprint density at radius 1 is 1.33 bits per heavy atom. The topological polar surface area (TPSA) is 77.2 Å². The molecule has 0 spiro atoms. The fourth-order valence-electron chi connectivity index (χ4n) is 2.86. The van der Waals surface area contributed by atoms with E-state index in [0.29, 0.717) is 24.2 Å². The molecule has 0 unspecified atom stereocenters. The number of nitrogens with zero attached hydrogens (tertiary/aromatic N) is 1. The number of carbonyl (C=O) groups excluding carboxylic acids is 1. The molecule has 0 saturated heterocycles. The van der Waals surface area contributed by atoms with Gasteiger partial charge in [-0.15, -0.1) is 0 Å². The number of nitrogens with two attached hydrogens (primary N) is 1. The number of benzene rings is 1. The van der Waals surface area contributed by atoms with Gasteiger partial charge < -0.3 is 15.8 Å². The van der Waals surface area contributed by atoms with Crippen LogP contribution in [0.5, 0.6) is 11.5 Å². The van der Waals surface area contributed by atoms with Gasteiger partial charge in [-0.1, -0.05) is 18.9 Å². The number of ether oxygens (including phenoxy) is 1. The van der Waals surface area contributed by atoms with Crippen LogP contribution in [0, 0.1) is 5.82 Å². The van der Waals surface area contributed by atoms with E-state index in [1.54, 1.807) is 24.4 Å². The van der Waals surface area contributed by atoms with Crippen LogP contribution >= 0.6 is 0 Å². The quantitative estimate of drug-likeness (QED) is 0.884. The van der Waals surface area contributed by atoms with Crippen molar-refractivity contribution in [3.8, 4) is 11.5 Å². The number of nitrogens with one attached hydrogen (secondary N) is 1. The third kappa shape index (κ3) is 3.71. The van der Waals surface area contributed by atoms with Crippen LogP contribution in [0.15, 0.2) is 42.7 Å². The van der Waals surface area contributed by atoms with E-state index in [2.05, 4.69) is 10.3 Å². The molecule has 2 aromatic rings. The molecule has 126 valence electrons. The van der Waals surface area contributed by atoms with Crippen LogP contribution in [0.25, 0.3) is 0 Å². The van der Waals surface area contributed by atoms with Crippen molar-refractivity contribution in [1.82, 2.24) is 10.3 Å². The van der Waals surface area contributed by atoms with E-state index in [4.69, 9.17) is 10.5 Å². The Labute approximate surface area is 140 Å². The maximum absolute atomic E-state index is 14.2. The summed E-state index contributed by atoms with van der Waals surface area (Å²) in [6.45, 7) is 0.238. The van der Waals surface area contributed by atoms with Crippen LogP contribution in [0.1, 0.15) is 31.2 Å². The first-order valence-electron chi connectivity index (χ1n) is 8.00. The van der Waals surface area contributed by atoms with E-state index in [1.807, 2.05) is 0 Å². The number of hydrogen-bond acceptors (Lipinski definition) is 4. The molecule has 3 N–H and O–H groups in total. The van der Waals surface area contributed by atoms with Crippen LogP contribution in [0.3, 0.4) is 0 Å². The molecule has 24 heavy (non-hydrogen) atoms. The summed E-state index contributed by atoms with van der Waals surface area (Å²) in [4.78, 5) is 16.1. The van der Waals surface area contributed by atoms with E-state index in [9.17, 15) is 9.18 Å². The smallest absolute Gasteiger partial charge is 0.240 e. The Bertz CT molecular complexity index is 715. The Morgan fingerprint density at radius 3 is 2.79 bits per heavy atom. The molecule has 0 atom stereocenters. The van der Waals surface area contributed by atoms with Crippen LogP contribution in [0.4, 0.5) is 4.39 Å². The third-order valence-electron chi connectivity index (χ3n) is 4.26. The van der Waals surface area contributed by atoms with E-state index >= 15 is 0 Å². The molecule has 0 radical (unpaired) electrons. The van der Waals surface area contributed by atoms with Crippen molar-refractivity contribution < 1.29 is 13.9 Å². The molecule has 1 amide bonds. The van der Waals surface area contributed by atoms with E-state index in [-0.39, 0.29) is 18.2 Å². The third-order valence-corrected chi connectivity index (χ3v) is 4.26. The summed E-state index contributed by atoms with van der Waals surface area (Å²) in [5.41, 5.74) is 5.97. The highest BCUT2D eigenvalue weighted by Gasteiger charge is 2.36. The zero-order valence-electron chi connectivity index (χ0n) is 13.3. The number of hydrogen-bond donors (Lipinski definition) is 2. The average Bonchev–Trinajstić information content (AvgIpc) is 3.04. The first-order chi connectivity index (χ1) is 11.6.